The van der Waals surface area contributed by atoms with E-state index in [0.29, 0.717) is 32.3 Å². The van der Waals surface area contributed by atoms with E-state index in [1.165, 1.54) is 5.56 Å². The van der Waals surface area contributed by atoms with Gasteiger partial charge >= 0.3 is 0 Å². The fraction of sp³-hybridized carbons (Fsp3) is 0.600. The van der Waals surface area contributed by atoms with Gasteiger partial charge in [-0.3, -0.25) is 0 Å². The number of halogens is 2. The van der Waals surface area contributed by atoms with Gasteiger partial charge in [0.2, 0.25) is 0 Å². The molecule has 20 heavy (non-hydrogen) atoms. The molecule has 0 aliphatic rings. The molecular formula is C15H22BrClO3. The van der Waals surface area contributed by atoms with Crippen LogP contribution in [0.3, 0.4) is 0 Å². The molecule has 114 valence electrons. The first-order valence-corrected chi connectivity index (χ1v) is 8.23. The summed E-state index contributed by atoms with van der Waals surface area (Å²) in [5.41, 5.74) is 1.24. The molecule has 1 rings (SSSR count). The molecule has 1 atom stereocenters. The van der Waals surface area contributed by atoms with E-state index in [1.54, 1.807) is 7.11 Å². The van der Waals surface area contributed by atoms with Gasteiger partial charge in [-0.05, 0) is 30.0 Å². The lowest BCUT2D eigenvalue weighted by molar-refractivity contribution is 0.0236. The van der Waals surface area contributed by atoms with Crippen molar-refractivity contribution in [2.24, 2.45) is 0 Å². The van der Waals surface area contributed by atoms with Crippen molar-refractivity contribution in [1.29, 1.82) is 0 Å². The van der Waals surface area contributed by atoms with E-state index in [0.717, 1.165) is 23.4 Å². The lowest BCUT2D eigenvalue weighted by Gasteiger charge is -2.15. The SMILES string of the molecule is COCCOCCOCCC(CBr)c1cccc(Cl)c1. The van der Waals surface area contributed by atoms with Crippen LogP contribution in [0, 0.1) is 0 Å². The molecule has 0 amide bonds. The van der Waals surface area contributed by atoms with Crippen LogP contribution in [-0.4, -0.2) is 45.5 Å². The van der Waals surface area contributed by atoms with Crippen LogP contribution in [0.1, 0.15) is 17.9 Å². The van der Waals surface area contributed by atoms with Gasteiger partial charge in [0.1, 0.15) is 0 Å². The third kappa shape index (κ3) is 7.60. The van der Waals surface area contributed by atoms with Crippen molar-refractivity contribution in [2.45, 2.75) is 12.3 Å². The Kier molecular flexibility index (Phi) is 10.3. The predicted molar refractivity (Wildman–Crippen MR) is 86.1 cm³/mol. The van der Waals surface area contributed by atoms with Crippen LogP contribution in [0.25, 0.3) is 0 Å². The summed E-state index contributed by atoms with van der Waals surface area (Å²) in [5, 5.41) is 1.68. The van der Waals surface area contributed by atoms with Gasteiger partial charge in [-0.15, -0.1) is 0 Å². The van der Waals surface area contributed by atoms with Crippen molar-refractivity contribution >= 4 is 27.5 Å². The number of hydrogen-bond donors (Lipinski definition) is 0. The Morgan fingerprint density at radius 2 is 1.80 bits per heavy atom. The molecule has 1 unspecified atom stereocenters. The van der Waals surface area contributed by atoms with Crippen LogP contribution < -0.4 is 0 Å². The van der Waals surface area contributed by atoms with Crippen molar-refractivity contribution < 1.29 is 14.2 Å². The van der Waals surface area contributed by atoms with E-state index in [4.69, 9.17) is 25.8 Å². The highest BCUT2D eigenvalue weighted by molar-refractivity contribution is 9.09. The number of hydrogen-bond acceptors (Lipinski definition) is 3. The standard InChI is InChI=1S/C15H22BrClO3/c1-18-7-8-20-10-9-19-6-5-14(12-16)13-3-2-4-15(17)11-13/h2-4,11,14H,5-10,12H2,1H3. The first-order chi connectivity index (χ1) is 9.77. The highest BCUT2D eigenvalue weighted by Crippen LogP contribution is 2.24. The Morgan fingerprint density at radius 3 is 2.45 bits per heavy atom. The fourth-order valence-corrected chi connectivity index (χ4v) is 2.68. The topological polar surface area (TPSA) is 27.7 Å². The summed E-state index contributed by atoms with van der Waals surface area (Å²) in [6.45, 7) is 3.19. The molecule has 0 bridgehead atoms. The molecule has 0 heterocycles. The van der Waals surface area contributed by atoms with Crippen LogP contribution in [0.15, 0.2) is 24.3 Å². The second-order valence-corrected chi connectivity index (χ2v) is 5.50. The molecule has 0 spiro atoms. The third-order valence-corrected chi connectivity index (χ3v) is 3.94. The van der Waals surface area contributed by atoms with Crippen molar-refractivity contribution in [3.8, 4) is 0 Å². The number of benzene rings is 1. The molecule has 0 saturated carbocycles. The zero-order valence-electron chi connectivity index (χ0n) is 11.8. The van der Waals surface area contributed by atoms with Crippen molar-refractivity contribution in [3.63, 3.8) is 0 Å². The average molecular weight is 366 g/mol. The molecule has 0 fully saturated rings. The molecule has 0 saturated heterocycles. The number of alkyl halides is 1. The molecule has 1 aromatic rings. The number of ether oxygens (including phenoxy) is 3. The summed E-state index contributed by atoms with van der Waals surface area (Å²) in [6.07, 6.45) is 0.962. The quantitative estimate of drug-likeness (QED) is 0.440. The summed E-state index contributed by atoms with van der Waals surface area (Å²) in [7, 11) is 1.66. The van der Waals surface area contributed by atoms with Crippen molar-refractivity contribution in [3.05, 3.63) is 34.9 Å². The number of methoxy groups -OCH3 is 1. The normalized spacial score (nSPS) is 12.6. The van der Waals surface area contributed by atoms with Crippen LogP contribution in [0.2, 0.25) is 5.02 Å². The minimum Gasteiger partial charge on any atom is -0.382 e. The van der Waals surface area contributed by atoms with Crippen LogP contribution in [0.4, 0.5) is 0 Å². The van der Waals surface area contributed by atoms with Gasteiger partial charge in [-0.25, -0.2) is 0 Å². The first kappa shape index (κ1) is 17.9. The molecule has 3 nitrogen and oxygen atoms in total. The van der Waals surface area contributed by atoms with Crippen LogP contribution in [-0.2, 0) is 14.2 Å². The Bertz CT molecular complexity index is 363. The molecule has 5 heteroatoms. The van der Waals surface area contributed by atoms with Crippen LogP contribution >= 0.6 is 27.5 Å². The summed E-state index contributed by atoms with van der Waals surface area (Å²) in [4.78, 5) is 0. The maximum atomic E-state index is 6.02. The van der Waals surface area contributed by atoms with Gasteiger partial charge in [0.15, 0.2) is 0 Å². The Labute approximate surface area is 134 Å². The van der Waals surface area contributed by atoms with Gasteiger partial charge in [0.25, 0.3) is 0 Å². The second-order valence-electron chi connectivity index (χ2n) is 4.41. The van der Waals surface area contributed by atoms with Gasteiger partial charge in [0, 0.05) is 24.1 Å². The zero-order chi connectivity index (χ0) is 14.6. The average Bonchev–Trinajstić information content (AvgIpc) is 2.46. The molecule has 0 aromatic heterocycles. The highest BCUT2D eigenvalue weighted by Gasteiger charge is 2.10. The van der Waals surface area contributed by atoms with E-state index in [-0.39, 0.29) is 0 Å². The Balaban J connectivity index is 2.16. The molecule has 0 aliphatic heterocycles. The van der Waals surface area contributed by atoms with Gasteiger partial charge in [-0.1, -0.05) is 39.7 Å². The van der Waals surface area contributed by atoms with Gasteiger partial charge in [0.05, 0.1) is 26.4 Å². The highest BCUT2D eigenvalue weighted by atomic mass is 79.9. The monoisotopic (exact) mass is 364 g/mol. The second kappa shape index (κ2) is 11.5. The van der Waals surface area contributed by atoms with Gasteiger partial charge < -0.3 is 14.2 Å². The maximum absolute atomic E-state index is 6.02. The summed E-state index contributed by atoms with van der Waals surface area (Å²) < 4.78 is 15.8. The predicted octanol–water partition coefficient (Wildman–Crippen LogP) is 3.89. The molecule has 0 radical (unpaired) electrons. The lowest BCUT2D eigenvalue weighted by atomic mass is 9.98. The molecule has 0 N–H and O–H groups in total. The number of rotatable bonds is 11. The molecule has 1 aromatic carbocycles. The van der Waals surface area contributed by atoms with E-state index in [2.05, 4.69) is 22.0 Å². The molecule has 0 aliphatic carbocycles. The van der Waals surface area contributed by atoms with E-state index in [1.807, 2.05) is 18.2 Å². The smallest absolute Gasteiger partial charge is 0.0701 e. The summed E-state index contributed by atoms with van der Waals surface area (Å²) >= 11 is 9.57. The summed E-state index contributed by atoms with van der Waals surface area (Å²) in [5.74, 6) is 0.420. The minimum absolute atomic E-state index is 0.420. The minimum atomic E-state index is 0.420. The van der Waals surface area contributed by atoms with Crippen molar-refractivity contribution in [2.75, 3.05) is 45.5 Å². The first-order valence-electron chi connectivity index (χ1n) is 6.73. The maximum Gasteiger partial charge on any atom is 0.0701 e. The van der Waals surface area contributed by atoms with E-state index < -0.39 is 0 Å². The van der Waals surface area contributed by atoms with Crippen molar-refractivity contribution in [1.82, 2.24) is 0 Å². The van der Waals surface area contributed by atoms with E-state index >= 15 is 0 Å². The lowest BCUT2D eigenvalue weighted by Crippen LogP contribution is -2.11. The van der Waals surface area contributed by atoms with E-state index in [9.17, 15) is 0 Å². The largest absolute Gasteiger partial charge is 0.382 e. The molecular weight excluding hydrogens is 344 g/mol. The van der Waals surface area contributed by atoms with Crippen LogP contribution in [0.5, 0.6) is 0 Å². The Morgan fingerprint density at radius 1 is 1.10 bits per heavy atom. The van der Waals surface area contributed by atoms with Gasteiger partial charge in [-0.2, -0.15) is 0 Å². The Hall–Kier alpha value is -0.130. The summed E-state index contributed by atoms with van der Waals surface area (Å²) in [6, 6.07) is 8.00. The third-order valence-electron chi connectivity index (χ3n) is 2.92. The zero-order valence-corrected chi connectivity index (χ0v) is 14.2. The fourth-order valence-electron chi connectivity index (χ4n) is 1.78.